The Balaban J connectivity index is 1.22. The van der Waals surface area contributed by atoms with Gasteiger partial charge < -0.3 is 14.6 Å². The molecule has 4 heterocycles. The number of thiazole rings is 1. The normalized spacial score (nSPS) is 15.0. The highest BCUT2D eigenvalue weighted by molar-refractivity contribution is 7.20. The molecule has 1 N–H and O–H groups in total. The van der Waals surface area contributed by atoms with E-state index in [0.29, 0.717) is 12.3 Å². The molecule has 1 amide bonds. The first-order valence-electron chi connectivity index (χ1n) is 10.1. The largest absolute Gasteiger partial charge is 0.497 e. The van der Waals surface area contributed by atoms with Crippen LogP contribution in [-0.4, -0.2) is 41.0 Å². The van der Waals surface area contributed by atoms with E-state index in [2.05, 4.69) is 39.7 Å². The van der Waals surface area contributed by atoms with Gasteiger partial charge in [-0.1, -0.05) is 6.07 Å². The minimum atomic E-state index is 0.178. The first-order valence-corrected chi connectivity index (χ1v) is 11.9. The smallest absolute Gasteiger partial charge is 0.228 e. The zero-order valence-electron chi connectivity index (χ0n) is 16.8. The Morgan fingerprint density at radius 1 is 1.27 bits per heavy atom. The molecule has 1 aliphatic rings. The Labute approximate surface area is 183 Å². The van der Waals surface area contributed by atoms with Crippen molar-refractivity contribution in [3.8, 4) is 15.6 Å². The molecule has 1 aromatic carbocycles. The number of piperidine rings is 1. The van der Waals surface area contributed by atoms with Crippen LogP contribution in [-0.2, 0) is 11.2 Å². The van der Waals surface area contributed by atoms with Gasteiger partial charge in [-0.2, -0.15) is 0 Å². The van der Waals surface area contributed by atoms with Gasteiger partial charge in [-0.25, -0.2) is 4.98 Å². The lowest BCUT2D eigenvalue weighted by atomic mass is 9.89. The number of amides is 1. The number of thiophene rings is 1. The van der Waals surface area contributed by atoms with E-state index in [9.17, 15) is 4.79 Å². The summed E-state index contributed by atoms with van der Waals surface area (Å²) in [6, 6.07) is 10.2. The summed E-state index contributed by atoms with van der Waals surface area (Å²) < 4.78 is 5.39. The molecule has 1 aliphatic heterocycles. The van der Waals surface area contributed by atoms with Crippen molar-refractivity contribution in [2.24, 2.45) is 0 Å². The summed E-state index contributed by atoms with van der Waals surface area (Å²) in [4.78, 5) is 24.0. The predicted octanol–water partition coefficient (Wildman–Crippen LogP) is 5.31. The third-order valence-electron chi connectivity index (χ3n) is 5.82. The zero-order chi connectivity index (χ0) is 20.5. The van der Waals surface area contributed by atoms with Crippen LogP contribution in [0.15, 0.2) is 47.3 Å². The quantitative estimate of drug-likeness (QED) is 0.460. The monoisotopic (exact) mass is 437 g/mol. The van der Waals surface area contributed by atoms with Gasteiger partial charge in [-0.05, 0) is 54.0 Å². The minimum absolute atomic E-state index is 0.178. The number of aromatic nitrogens is 2. The van der Waals surface area contributed by atoms with Gasteiger partial charge in [0.05, 0.1) is 24.1 Å². The number of hydrogen-bond donors (Lipinski definition) is 1. The number of likely N-dealkylation sites (tertiary alicyclic amines) is 1. The Morgan fingerprint density at radius 3 is 2.90 bits per heavy atom. The second-order valence-corrected chi connectivity index (χ2v) is 9.41. The van der Waals surface area contributed by atoms with Crippen molar-refractivity contribution in [3.63, 3.8) is 0 Å². The molecule has 0 radical (unpaired) electrons. The fraction of sp³-hybridized carbons (Fsp3) is 0.304. The van der Waals surface area contributed by atoms with Crippen molar-refractivity contribution < 1.29 is 9.53 Å². The van der Waals surface area contributed by atoms with Crippen LogP contribution >= 0.6 is 22.7 Å². The number of carbonyl (C=O) groups excluding carboxylic acids is 1. The van der Waals surface area contributed by atoms with Gasteiger partial charge in [-0.3, -0.25) is 4.79 Å². The van der Waals surface area contributed by atoms with Gasteiger partial charge in [0.25, 0.3) is 0 Å². The summed E-state index contributed by atoms with van der Waals surface area (Å²) in [6.45, 7) is 1.59. The summed E-state index contributed by atoms with van der Waals surface area (Å²) in [7, 11) is 1.70. The second kappa shape index (κ2) is 8.24. The topological polar surface area (TPSA) is 58.2 Å². The molecular weight excluding hydrogens is 414 g/mol. The SMILES string of the molecule is COc1ccc2[nH]cc(C3CCN(C(=O)Cc4csc(-c5cccs5)n4)CC3)c2c1. The zero-order valence-corrected chi connectivity index (χ0v) is 18.4. The van der Waals surface area contributed by atoms with E-state index < -0.39 is 0 Å². The average Bonchev–Trinajstić information content (AvgIpc) is 3.53. The van der Waals surface area contributed by atoms with E-state index in [0.717, 1.165) is 52.8 Å². The predicted molar refractivity (Wildman–Crippen MR) is 123 cm³/mol. The lowest BCUT2D eigenvalue weighted by Crippen LogP contribution is -2.38. The summed E-state index contributed by atoms with van der Waals surface area (Å²) in [5, 5.41) is 6.29. The van der Waals surface area contributed by atoms with E-state index in [1.54, 1.807) is 29.8 Å². The summed E-state index contributed by atoms with van der Waals surface area (Å²) in [5.74, 6) is 1.51. The number of hydrogen-bond acceptors (Lipinski definition) is 5. The summed E-state index contributed by atoms with van der Waals surface area (Å²) in [5.41, 5.74) is 3.34. The lowest BCUT2D eigenvalue weighted by Gasteiger charge is -2.32. The molecule has 0 saturated carbocycles. The van der Waals surface area contributed by atoms with Gasteiger partial charge >= 0.3 is 0 Å². The Bertz CT molecular complexity index is 1150. The molecule has 0 spiro atoms. The van der Waals surface area contributed by atoms with E-state index in [4.69, 9.17) is 4.74 Å². The van der Waals surface area contributed by atoms with Crippen LogP contribution in [0.2, 0.25) is 0 Å². The maximum absolute atomic E-state index is 12.8. The maximum Gasteiger partial charge on any atom is 0.228 e. The molecule has 5 rings (SSSR count). The maximum atomic E-state index is 12.8. The Kier molecular flexibility index (Phi) is 5.31. The molecule has 4 aromatic rings. The average molecular weight is 438 g/mol. The minimum Gasteiger partial charge on any atom is -0.497 e. The fourth-order valence-electron chi connectivity index (χ4n) is 4.19. The second-order valence-electron chi connectivity index (χ2n) is 7.61. The molecule has 0 atom stereocenters. The number of ether oxygens (including phenoxy) is 1. The molecule has 0 unspecified atom stereocenters. The molecule has 1 fully saturated rings. The van der Waals surface area contributed by atoms with Crippen LogP contribution in [0.4, 0.5) is 0 Å². The molecule has 1 saturated heterocycles. The van der Waals surface area contributed by atoms with Gasteiger partial charge in [0, 0.05) is 35.6 Å². The van der Waals surface area contributed by atoms with E-state index >= 15 is 0 Å². The van der Waals surface area contributed by atoms with Crippen LogP contribution < -0.4 is 4.74 Å². The van der Waals surface area contributed by atoms with Crippen molar-refractivity contribution in [2.45, 2.75) is 25.2 Å². The van der Waals surface area contributed by atoms with Gasteiger partial charge in [0.15, 0.2) is 0 Å². The highest BCUT2D eigenvalue weighted by atomic mass is 32.1. The Hall–Kier alpha value is -2.64. The number of methoxy groups -OCH3 is 1. The number of H-pyrrole nitrogens is 1. The summed E-state index contributed by atoms with van der Waals surface area (Å²) in [6.07, 6.45) is 4.46. The third kappa shape index (κ3) is 3.75. The first kappa shape index (κ1) is 19.3. The van der Waals surface area contributed by atoms with E-state index in [1.165, 1.54) is 10.9 Å². The van der Waals surface area contributed by atoms with Crippen LogP contribution in [0.3, 0.4) is 0 Å². The number of fused-ring (bicyclic) bond motifs is 1. The van der Waals surface area contributed by atoms with Crippen LogP contribution in [0.5, 0.6) is 5.75 Å². The molecule has 7 heteroatoms. The van der Waals surface area contributed by atoms with Gasteiger partial charge in [-0.15, -0.1) is 22.7 Å². The van der Waals surface area contributed by atoms with Crippen molar-refractivity contribution in [2.75, 3.05) is 20.2 Å². The molecular formula is C23H23N3O2S2. The number of nitrogens with one attached hydrogen (secondary N) is 1. The molecule has 0 aliphatic carbocycles. The lowest BCUT2D eigenvalue weighted by molar-refractivity contribution is -0.131. The van der Waals surface area contributed by atoms with Crippen LogP contribution in [0, 0.1) is 0 Å². The molecule has 3 aromatic heterocycles. The van der Waals surface area contributed by atoms with Crippen LogP contribution in [0.1, 0.15) is 30.0 Å². The van der Waals surface area contributed by atoms with Crippen LogP contribution in [0.25, 0.3) is 20.8 Å². The Morgan fingerprint density at radius 2 is 2.13 bits per heavy atom. The molecule has 0 bridgehead atoms. The number of nitrogens with zero attached hydrogens (tertiary/aromatic N) is 2. The number of benzene rings is 1. The standard InChI is InChI=1S/C23H23N3O2S2/c1-28-17-4-5-20-18(12-17)19(13-24-20)15-6-8-26(9-7-15)22(27)11-16-14-30-23(25-16)21-3-2-10-29-21/h2-5,10,12-15,24H,6-9,11H2,1H3. The first-order chi connectivity index (χ1) is 14.7. The van der Waals surface area contributed by atoms with E-state index in [-0.39, 0.29) is 5.91 Å². The number of rotatable bonds is 5. The summed E-state index contributed by atoms with van der Waals surface area (Å²) >= 11 is 3.29. The highest BCUT2D eigenvalue weighted by Crippen LogP contribution is 2.35. The van der Waals surface area contributed by atoms with E-state index in [1.807, 2.05) is 22.4 Å². The fourth-order valence-corrected chi connectivity index (χ4v) is 5.83. The highest BCUT2D eigenvalue weighted by Gasteiger charge is 2.26. The molecule has 5 nitrogen and oxygen atoms in total. The van der Waals surface area contributed by atoms with Crippen molar-refractivity contribution in [1.82, 2.24) is 14.9 Å². The number of aromatic amines is 1. The van der Waals surface area contributed by atoms with Crippen molar-refractivity contribution in [3.05, 3.63) is 58.5 Å². The third-order valence-corrected chi connectivity index (χ3v) is 7.75. The molecule has 154 valence electrons. The van der Waals surface area contributed by atoms with Gasteiger partial charge in [0.1, 0.15) is 10.8 Å². The van der Waals surface area contributed by atoms with Gasteiger partial charge in [0.2, 0.25) is 5.91 Å². The molecule has 30 heavy (non-hydrogen) atoms. The van der Waals surface area contributed by atoms with Crippen molar-refractivity contribution >= 4 is 39.5 Å². The van der Waals surface area contributed by atoms with Crippen molar-refractivity contribution in [1.29, 1.82) is 0 Å². The number of carbonyl (C=O) groups is 1.